The third-order valence-corrected chi connectivity index (χ3v) is 16.7. The van der Waals surface area contributed by atoms with Gasteiger partial charge in [-0.1, -0.05) is 56.1 Å². The van der Waals surface area contributed by atoms with E-state index in [1.54, 1.807) is 47.7 Å². The molecule has 1 aromatic heterocycles. The third kappa shape index (κ3) is 16.2. The van der Waals surface area contributed by atoms with Gasteiger partial charge in [0.05, 0.1) is 70.8 Å². The van der Waals surface area contributed by atoms with Gasteiger partial charge in [-0.25, -0.2) is 0 Å². The second-order valence-corrected chi connectivity index (χ2v) is 23.9. The van der Waals surface area contributed by atoms with Gasteiger partial charge in [-0.05, 0) is 105 Å². The lowest BCUT2D eigenvalue weighted by Gasteiger charge is -2.49. The minimum absolute atomic E-state index is 0.0207. The Morgan fingerprint density at radius 3 is 2.23 bits per heavy atom. The first-order chi connectivity index (χ1) is 37.3. The number of aromatic nitrogens is 3. The molecule has 0 aliphatic carbocycles. The Kier molecular flexibility index (Phi) is 23.4. The summed E-state index contributed by atoms with van der Waals surface area (Å²) in [5.41, 5.74) is -4.44. The average Bonchev–Trinajstić information content (AvgIpc) is 3.96. The SMILES string of the molecule is CC[C@H]1OC(=O)[C@H](C)[C@@H](O[C@H]2C[C@@](C)(OC)[C@@H](O)[C@H](C)O2)[C@H](C)[C@@H](O[C@@H]2O[C@H](C)C[C@H](N(C)CCCc3cn(C[C@H](NC(=O)C(Cl)Cl)[C@@H](OC(C)=O)c4ccc([N+](=O)[O-])cc4)nn3)[C@H]2O)[C@](C)(O)C[C@@H](C)C(=O)[C@H](C)[C@@H](O)[C@]1(C)O. The summed E-state index contributed by atoms with van der Waals surface area (Å²) in [6, 6.07) is 3.71. The van der Waals surface area contributed by atoms with Gasteiger partial charge in [-0.2, -0.15) is 0 Å². The number of aliphatic hydroxyl groups excluding tert-OH is 3. The number of amides is 1. The quantitative estimate of drug-likeness (QED) is 0.0503. The van der Waals surface area contributed by atoms with Crippen molar-refractivity contribution in [3.05, 3.63) is 51.8 Å². The van der Waals surface area contributed by atoms with Crippen LogP contribution in [0.1, 0.15) is 126 Å². The van der Waals surface area contributed by atoms with Crippen LogP contribution in [0.25, 0.3) is 0 Å². The molecular formula is C54H84Cl2N6O18. The van der Waals surface area contributed by atoms with Crippen LogP contribution in [0.5, 0.6) is 0 Å². The monoisotopic (exact) mass is 1170 g/mol. The van der Waals surface area contributed by atoms with Crippen LogP contribution in [0.4, 0.5) is 5.69 Å². The van der Waals surface area contributed by atoms with Crippen molar-refractivity contribution in [1.82, 2.24) is 25.2 Å². The van der Waals surface area contributed by atoms with Crippen molar-refractivity contribution in [3.63, 3.8) is 0 Å². The van der Waals surface area contributed by atoms with E-state index in [0.717, 1.165) is 0 Å². The molecule has 0 bridgehead atoms. The fraction of sp³-hybridized carbons (Fsp3) is 0.778. The van der Waals surface area contributed by atoms with Gasteiger partial charge in [-0.15, -0.1) is 5.10 Å². The number of alkyl halides is 2. The van der Waals surface area contributed by atoms with Crippen LogP contribution in [0.3, 0.4) is 0 Å². The van der Waals surface area contributed by atoms with Gasteiger partial charge in [0.2, 0.25) is 0 Å². The van der Waals surface area contributed by atoms with Crippen LogP contribution in [-0.4, -0.2) is 190 Å². The lowest BCUT2D eigenvalue weighted by atomic mass is 9.74. The van der Waals surface area contributed by atoms with Crippen LogP contribution in [0.2, 0.25) is 0 Å². The highest BCUT2D eigenvalue weighted by molar-refractivity contribution is 6.53. The number of carbonyl (C=O) groups excluding carboxylic acids is 4. The predicted octanol–water partition coefficient (Wildman–Crippen LogP) is 3.88. The molecule has 6 N–H and O–H groups in total. The summed E-state index contributed by atoms with van der Waals surface area (Å²) >= 11 is 11.8. The lowest BCUT2D eigenvalue weighted by Crippen LogP contribution is -2.61. The topological polar surface area (TPSA) is 323 Å². The van der Waals surface area contributed by atoms with Crippen molar-refractivity contribution in [2.24, 2.45) is 23.7 Å². The summed E-state index contributed by atoms with van der Waals surface area (Å²) in [7, 11) is 3.29. The molecule has 1 amide bonds. The molecule has 3 aliphatic heterocycles. The molecule has 0 spiro atoms. The van der Waals surface area contributed by atoms with Gasteiger partial charge >= 0.3 is 11.9 Å². The predicted molar refractivity (Wildman–Crippen MR) is 289 cm³/mol. The molecule has 0 radical (unpaired) electrons. The second kappa shape index (κ2) is 28.0. The van der Waals surface area contributed by atoms with E-state index in [2.05, 4.69) is 15.6 Å². The number of nitrogens with one attached hydrogen (secondary N) is 1. The van der Waals surface area contributed by atoms with Crippen molar-refractivity contribution in [1.29, 1.82) is 0 Å². The lowest BCUT2D eigenvalue weighted by molar-refractivity contribution is -0.384. The highest BCUT2D eigenvalue weighted by Gasteiger charge is 2.54. The Hall–Kier alpha value is -4.02. The summed E-state index contributed by atoms with van der Waals surface area (Å²) < 4.78 is 44.9. The number of ketones is 1. The van der Waals surface area contributed by atoms with Crippen LogP contribution in [0, 0.1) is 33.8 Å². The molecule has 452 valence electrons. The normalized spacial score (nSPS) is 36.6. The van der Waals surface area contributed by atoms with E-state index in [0.29, 0.717) is 37.1 Å². The summed E-state index contributed by atoms with van der Waals surface area (Å²) in [5.74, 6) is -7.01. The number of nitro benzene ring substituents is 1. The molecule has 24 nitrogen and oxygen atoms in total. The van der Waals surface area contributed by atoms with Crippen LogP contribution < -0.4 is 5.32 Å². The smallest absolute Gasteiger partial charge is 0.311 e. The fourth-order valence-electron chi connectivity index (χ4n) is 11.6. The Morgan fingerprint density at radius 1 is 0.988 bits per heavy atom. The summed E-state index contributed by atoms with van der Waals surface area (Å²) in [5, 5.41) is 82.0. The number of non-ortho nitro benzene ring substituents is 1. The van der Waals surface area contributed by atoms with Crippen molar-refractivity contribution < 1.29 is 82.8 Å². The first kappa shape index (κ1) is 66.8. The highest BCUT2D eigenvalue weighted by Crippen LogP contribution is 2.41. The van der Waals surface area contributed by atoms with Crippen molar-refractivity contribution in [2.45, 2.75) is 222 Å². The number of methoxy groups -OCH3 is 1. The first-order valence-electron chi connectivity index (χ1n) is 27.3. The number of hydrogen-bond acceptors (Lipinski definition) is 21. The largest absolute Gasteiger partial charge is 0.459 e. The molecule has 20 atom stereocenters. The summed E-state index contributed by atoms with van der Waals surface area (Å²) in [6.45, 7) is 17.5. The summed E-state index contributed by atoms with van der Waals surface area (Å²) in [6.07, 6.45) is -9.95. The Bertz CT molecular complexity index is 2400. The van der Waals surface area contributed by atoms with Crippen LogP contribution in [-0.2, 0) is 65.3 Å². The van der Waals surface area contributed by atoms with Gasteiger partial charge < -0.3 is 68.9 Å². The zero-order valence-corrected chi connectivity index (χ0v) is 49.5. The Labute approximate surface area is 477 Å². The molecule has 5 rings (SSSR count). The van der Waals surface area contributed by atoms with Gasteiger partial charge in [-0.3, -0.25) is 34.0 Å². The molecule has 4 heterocycles. The number of likely N-dealkylation sites (N-methyl/N-ethyl adjacent to an activating group) is 1. The number of benzene rings is 1. The number of esters is 2. The van der Waals surface area contributed by atoms with E-state index in [1.807, 2.05) is 18.9 Å². The van der Waals surface area contributed by atoms with Crippen LogP contribution >= 0.6 is 23.2 Å². The minimum atomic E-state index is -2.07. The van der Waals surface area contributed by atoms with E-state index >= 15 is 0 Å². The van der Waals surface area contributed by atoms with E-state index in [1.165, 1.54) is 63.8 Å². The summed E-state index contributed by atoms with van der Waals surface area (Å²) in [4.78, 5) is 64.9. The van der Waals surface area contributed by atoms with Gasteiger partial charge in [0, 0.05) is 62.6 Å². The molecule has 3 saturated heterocycles. The number of aliphatic hydroxyl groups is 5. The zero-order chi connectivity index (χ0) is 59.9. The molecular weight excluding hydrogens is 1090 g/mol. The highest BCUT2D eigenvalue weighted by atomic mass is 35.5. The number of hydrogen-bond donors (Lipinski definition) is 6. The molecule has 80 heavy (non-hydrogen) atoms. The number of carbonyl (C=O) groups is 4. The second-order valence-electron chi connectivity index (χ2n) is 22.8. The molecule has 3 fully saturated rings. The molecule has 0 unspecified atom stereocenters. The number of ether oxygens (including phenoxy) is 7. The maximum atomic E-state index is 14.4. The first-order valence-corrected chi connectivity index (χ1v) is 28.1. The number of nitrogens with zero attached hydrogens (tertiary/aromatic N) is 5. The van der Waals surface area contributed by atoms with E-state index < -0.39 is 153 Å². The maximum absolute atomic E-state index is 14.4. The van der Waals surface area contributed by atoms with Gasteiger partial charge in [0.25, 0.3) is 11.6 Å². The Morgan fingerprint density at radius 2 is 1.64 bits per heavy atom. The number of cyclic esters (lactones) is 1. The number of rotatable bonds is 19. The third-order valence-electron chi connectivity index (χ3n) is 16.3. The number of halogens is 2. The fourth-order valence-corrected chi connectivity index (χ4v) is 11.7. The molecule has 1 aromatic carbocycles. The van der Waals surface area contributed by atoms with Crippen LogP contribution in [0.15, 0.2) is 30.5 Å². The molecule has 0 saturated carbocycles. The molecule has 26 heteroatoms. The van der Waals surface area contributed by atoms with Gasteiger partial charge in [0.15, 0.2) is 17.4 Å². The minimum Gasteiger partial charge on any atom is -0.459 e. The van der Waals surface area contributed by atoms with Crippen molar-refractivity contribution in [2.75, 3.05) is 20.7 Å². The van der Waals surface area contributed by atoms with E-state index in [-0.39, 0.29) is 31.5 Å². The van der Waals surface area contributed by atoms with Gasteiger partial charge in [0.1, 0.15) is 35.8 Å². The maximum Gasteiger partial charge on any atom is 0.311 e. The molecule has 3 aliphatic rings. The van der Waals surface area contributed by atoms with E-state index in [4.69, 9.17) is 56.4 Å². The average molecular weight is 1180 g/mol. The molecule has 2 aromatic rings. The van der Waals surface area contributed by atoms with E-state index in [9.17, 15) is 54.8 Å². The Balaban J connectivity index is 1.40. The standard InChI is InChI=1S/C54H84Cl2N6O18/c1-14-39-54(11,71)45(66)29(4)41(64)27(2)23-52(9,70)47(30(5)43(31(6)50(69)78-39)79-40-24-53(10,74-13)46(67)32(7)76-40)80-51-42(65)38(22-28(3)75-51)60(12)21-15-16-35-25-61(59-58-35)26-37(57-49(68)48(55)56)44(77-33(8)63)34-17-19-36(20-18-34)62(72)73/h17-20,25,27-32,37-40,42-48,51,65-67,70-71H,14-16,21-24,26H2,1-13H3,(H,57,68)/t27-,28-,29+,30+,31-,32+,37+,38+,39-,40+,42-,43+,44+,45-,46+,47-,51+,52-,53-,54-/m1/s1. The zero-order valence-electron chi connectivity index (χ0n) is 48.0. The van der Waals surface area contributed by atoms with Crippen molar-refractivity contribution in [3.8, 4) is 0 Å². The number of aryl methyl sites for hydroxylation is 1. The number of nitro groups is 1. The van der Waals surface area contributed by atoms with Crippen molar-refractivity contribution >= 4 is 52.5 Å². The number of Topliss-reactive ketones (excluding diaryl/α,β-unsaturated/α-hetero) is 1.